The molecule has 1 aromatic rings. The van der Waals surface area contributed by atoms with Gasteiger partial charge in [-0.3, -0.25) is 14.6 Å². The first-order chi connectivity index (χ1) is 10.9. The second-order valence-electron chi connectivity index (χ2n) is 6.02. The predicted molar refractivity (Wildman–Crippen MR) is 82.1 cm³/mol. The van der Waals surface area contributed by atoms with E-state index in [1.54, 1.807) is 0 Å². The van der Waals surface area contributed by atoms with Crippen LogP contribution in [0.5, 0.6) is 0 Å². The van der Waals surface area contributed by atoms with Crippen LogP contribution in [-0.2, 0) is 9.53 Å². The van der Waals surface area contributed by atoms with Crippen molar-refractivity contribution in [1.82, 2.24) is 15.3 Å². The highest BCUT2D eigenvalue weighted by Crippen LogP contribution is 2.29. The molecule has 1 aliphatic rings. The van der Waals surface area contributed by atoms with Gasteiger partial charge in [-0.25, -0.2) is 9.59 Å². The molecular formula is C15H21N3O5. The van der Waals surface area contributed by atoms with Crippen LogP contribution in [0, 0.1) is 11.8 Å². The average Bonchev–Trinajstić information content (AvgIpc) is 2.48. The van der Waals surface area contributed by atoms with Crippen molar-refractivity contribution in [3.8, 4) is 0 Å². The molecule has 1 saturated carbocycles. The Bertz CT molecular complexity index is 665. The van der Waals surface area contributed by atoms with Crippen molar-refractivity contribution in [2.75, 3.05) is 6.61 Å². The summed E-state index contributed by atoms with van der Waals surface area (Å²) in [5, 5.41) is 2.87. The van der Waals surface area contributed by atoms with Gasteiger partial charge in [-0.15, -0.1) is 0 Å². The number of rotatable bonds is 4. The van der Waals surface area contributed by atoms with E-state index < -0.39 is 29.7 Å². The fourth-order valence-corrected chi connectivity index (χ4v) is 2.82. The maximum atomic E-state index is 11.9. The van der Waals surface area contributed by atoms with E-state index >= 15 is 0 Å². The van der Waals surface area contributed by atoms with Crippen molar-refractivity contribution in [3.63, 3.8) is 0 Å². The van der Waals surface area contributed by atoms with Gasteiger partial charge >= 0.3 is 11.7 Å². The zero-order chi connectivity index (χ0) is 17.0. The third kappa shape index (κ3) is 4.54. The van der Waals surface area contributed by atoms with Gasteiger partial charge in [0.25, 0.3) is 11.5 Å². The summed E-state index contributed by atoms with van der Waals surface area (Å²) in [7, 11) is 0. The zero-order valence-electron chi connectivity index (χ0n) is 13.2. The molecule has 0 spiro atoms. The monoisotopic (exact) mass is 323 g/mol. The number of ether oxygens (including phenoxy) is 1. The number of amides is 1. The van der Waals surface area contributed by atoms with E-state index in [1.807, 2.05) is 4.98 Å². The maximum absolute atomic E-state index is 11.9. The van der Waals surface area contributed by atoms with Crippen molar-refractivity contribution in [1.29, 1.82) is 0 Å². The standard InChI is InChI=1S/C15H21N3O5/c1-8-4-3-5-10(9(8)2)16-13(20)7-23-14(21)11-6-12(19)18-15(22)17-11/h6,8-10H,3-5,7H2,1-2H3,(H,16,20)(H2,17,18,19,22)/t8-,9-,10-/m1/s1. The van der Waals surface area contributed by atoms with Gasteiger partial charge in [-0.2, -0.15) is 0 Å². The van der Waals surface area contributed by atoms with E-state index in [2.05, 4.69) is 24.1 Å². The number of aromatic nitrogens is 2. The summed E-state index contributed by atoms with van der Waals surface area (Å²) in [4.78, 5) is 49.9. The number of hydrogen-bond acceptors (Lipinski definition) is 5. The minimum absolute atomic E-state index is 0.0735. The molecule has 8 heteroatoms. The molecule has 1 heterocycles. The van der Waals surface area contributed by atoms with Gasteiger partial charge in [0.2, 0.25) is 0 Å². The number of H-pyrrole nitrogens is 2. The summed E-state index contributed by atoms with van der Waals surface area (Å²) in [5.41, 5.74) is -1.81. The number of esters is 1. The van der Waals surface area contributed by atoms with E-state index in [-0.39, 0.29) is 11.7 Å². The van der Waals surface area contributed by atoms with Crippen molar-refractivity contribution >= 4 is 11.9 Å². The topological polar surface area (TPSA) is 121 Å². The first kappa shape index (κ1) is 17.0. The van der Waals surface area contributed by atoms with Gasteiger partial charge in [-0.05, 0) is 18.3 Å². The minimum atomic E-state index is -0.923. The molecule has 1 aromatic heterocycles. The lowest BCUT2D eigenvalue weighted by Gasteiger charge is -2.34. The number of aromatic amines is 2. The van der Waals surface area contributed by atoms with Gasteiger partial charge in [0, 0.05) is 12.1 Å². The quantitative estimate of drug-likeness (QED) is 0.682. The van der Waals surface area contributed by atoms with Gasteiger partial charge in [0.05, 0.1) is 0 Å². The Morgan fingerprint density at radius 1 is 1.26 bits per heavy atom. The predicted octanol–water partition coefficient (Wildman–Crippen LogP) is 0.161. The van der Waals surface area contributed by atoms with Gasteiger partial charge in [0.1, 0.15) is 5.69 Å². The molecule has 0 aromatic carbocycles. The second-order valence-corrected chi connectivity index (χ2v) is 6.02. The van der Waals surface area contributed by atoms with Crippen LogP contribution in [0.1, 0.15) is 43.6 Å². The SMILES string of the molecule is C[C@@H]1[C@H](C)CCC[C@H]1NC(=O)COC(=O)c1cc(=O)[nH]c(=O)[nH]1. The summed E-state index contributed by atoms with van der Waals surface area (Å²) in [6.45, 7) is 3.80. The summed E-state index contributed by atoms with van der Waals surface area (Å²) < 4.78 is 4.83. The summed E-state index contributed by atoms with van der Waals surface area (Å²) in [5.74, 6) is -0.407. The van der Waals surface area contributed by atoms with Crippen LogP contribution in [0.2, 0.25) is 0 Å². The number of nitrogens with one attached hydrogen (secondary N) is 3. The Morgan fingerprint density at radius 2 is 2.00 bits per heavy atom. The fraction of sp³-hybridized carbons (Fsp3) is 0.600. The summed E-state index contributed by atoms with van der Waals surface area (Å²) in [6.07, 6.45) is 3.12. The van der Waals surface area contributed by atoms with Crippen LogP contribution in [0.4, 0.5) is 0 Å². The Kier molecular flexibility index (Phi) is 5.36. The molecule has 8 nitrogen and oxygen atoms in total. The molecule has 0 bridgehead atoms. The molecule has 0 radical (unpaired) electrons. The highest BCUT2D eigenvalue weighted by molar-refractivity contribution is 5.89. The van der Waals surface area contributed by atoms with Crippen LogP contribution < -0.4 is 16.6 Å². The Hall–Kier alpha value is -2.38. The lowest BCUT2D eigenvalue weighted by molar-refractivity contribution is -0.125. The van der Waals surface area contributed by atoms with Gasteiger partial charge < -0.3 is 15.0 Å². The first-order valence-electron chi connectivity index (χ1n) is 7.67. The first-order valence-corrected chi connectivity index (χ1v) is 7.67. The van der Waals surface area contributed by atoms with E-state index in [9.17, 15) is 19.2 Å². The minimum Gasteiger partial charge on any atom is -0.451 e. The maximum Gasteiger partial charge on any atom is 0.355 e. The molecule has 23 heavy (non-hydrogen) atoms. The van der Waals surface area contributed by atoms with Crippen LogP contribution in [0.15, 0.2) is 15.7 Å². The zero-order valence-corrected chi connectivity index (χ0v) is 13.2. The van der Waals surface area contributed by atoms with Crippen molar-refractivity contribution < 1.29 is 14.3 Å². The van der Waals surface area contributed by atoms with E-state index in [0.717, 1.165) is 25.3 Å². The molecule has 3 atom stereocenters. The number of carbonyl (C=O) groups is 2. The molecule has 1 fully saturated rings. The van der Waals surface area contributed by atoms with Crippen LogP contribution in [0.25, 0.3) is 0 Å². The molecule has 0 saturated heterocycles. The van der Waals surface area contributed by atoms with E-state index in [4.69, 9.17) is 4.74 Å². The number of hydrogen-bond donors (Lipinski definition) is 3. The van der Waals surface area contributed by atoms with Crippen LogP contribution in [-0.4, -0.2) is 34.5 Å². The molecule has 0 unspecified atom stereocenters. The average molecular weight is 323 g/mol. The summed E-state index contributed by atoms with van der Waals surface area (Å²) >= 11 is 0. The lowest BCUT2D eigenvalue weighted by Crippen LogP contribution is -2.45. The molecule has 1 amide bonds. The van der Waals surface area contributed by atoms with Crippen LogP contribution in [0.3, 0.4) is 0 Å². The van der Waals surface area contributed by atoms with Crippen molar-refractivity contribution in [2.45, 2.75) is 39.2 Å². The molecule has 0 aliphatic heterocycles. The third-order valence-corrected chi connectivity index (χ3v) is 4.37. The largest absolute Gasteiger partial charge is 0.451 e. The molecule has 1 aliphatic carbocycles. The normalized spacial score (nSPS) is 24.0. The Balaban J connectivity index is 1.87. The number of carbonyl (C=O) groups excluding carboxylic acids is 2. The molecular weight excluding hydrogens is 302 g/mol. The smallest absolute Gasteiger partial charge is 0.355 e. The molecule has 126 valence electrons. The van der Waals surface area contributed by atoms with Gasteiger partial charge in [-0.1, -0.05) is 26.7 Å². The Morgan fingerprint density at radius 3 is 2.70 bits per heavy atom. The highest BCUT2D eigenvalue weighted by Gasteiger charge is 2.28. The second kappa shape index (κ2) is 7.26. The fourth-order valence-electron chi connectivity index (χ4n) is 2.82. The third-order valence-electron chi connectivity index (χ3n) is 4.37. The molecule has 3 N–H and O–H groups in total. The Labute approximate surface area is 132 Å². The van der Waals surface area contributed by atoms with Gasteiger partial charge in [0.15, 0.2) is 6.61 Å². The van der Waals surface area contributed by atoms with E-state index in [0.29, 0.717) is 11.8 Å². The summed E-state index contributed by atoms with van der Waals surface area (Å²) in [6, 6.07) is 0.983. The van der Waals surface area contributed by atoms with Crippen LogP contribution >= 0.6 is 0 Å². The van der Waals surface area contributed by atoms with E-state index in [1.165, 1.54) is 0 Å². The highest BCUT2D eigenvalue weighted by atomic mass is 16.5. The molecule has 2 rings (SSSR count). The van der Waals surface area contributed by atoms with Crippen molar-refractivity contribution in [2.24, 2.45) is 11.8 Å². The lowest BCUT2D eigenvalue weighted by atomic mass is 9.78. The van der Waals surface area contributed by atoms with Crippen molar-refractivity contribution in [3.05, 3.63) is 32.6 Å².